The molecule has 0 unspecified atom stereocenters. The summed E-state index contributed by atoms with van der Waals surface area (Å²) in [6, 6.07) is 9.35. The van der Waals surface area contributed by atoms with E-state index in [0.29, 0.717) is 18.5 Å². The van der Waals surface area contributed by atoms with Crippen molar-refractivity contribution < 1.29 is 9.59 Å². The van der Waals surface area contributed by atoms with Crippen LogP contribution in [0.4, 0.5) is 4.79 Å². The highest BCUT2D eigenvalue weighted by atomic mass is 16.2. The van der Waals surface area contributed by atoms with Gasteiger partial charge >= 0.3 is 6.03 Å². The Bertz CT molecular complexity index is 644. The zero-order valence-electron chi connectivity index (χ0n) is 16.9. The summed E-state index contributed by atoms with van der Waals surface area (Å²) in [5, 5.41) is 3.02. The fraction of sp³-hybridized carbons (Fsp3) is 0.636. The van der Waals surface area contributed by atoms with Crippen molar-refractivity contribution in [1.82, 2.24) is 15.1 Å². The van der Waals surface area contributed by atoms with Crippen LogP contribution in [0.25, 0.3) is 0 Å². The maximum absolute atomic E-state index is 12.4. The van der Waals surface area contributed by atoms with E-state index < -0.39 is 0 Å². The van der Waals surface area contributed by atoms with Gasteiger partial charge in [0.1, 0.15) is 0 Å². The average Bonchev–Trinajstić information content (AvgIpc) is 3.46. The number of hydrogen-bond donors (Lipinski definition) is 1. The minimum atomic E-state index is 0.0498. The Morgan fingerprint density at radius 1 is 1.07 bits per heavy atom. The van der Waals surface area contributed by atoms with E-state index in [4.69, 9.17) is 0 Å². The van der Waals surface area contributed by atoms with Crippen LogP contribution in [-0.4, -0.2) is 46.9 Å². The molecule has 0 bridgehead atoms. The Balaban J connectivity index is 1.52. The van der Waals surface area contributed by atoms with Gasteiger partial charge in [-0.3, -0.25) is 4.79 Å². The Kier molecular flexibility index (Phi) is 6.40. The molecular formula is C22H33N3O2. The maximum Gasteiger partial charge on any atom is 0.318 e. The molecule has 0 spiro atoms. The largest absolute Gasteiger partial charge is 0.343 e. The van der Waals surface area contributed by atoms with E-state index in [1.807, 2.05) is 23.6 Å². The van der Waals surface area contributed by atoms with Crippen LogP contribution in [0.2, 0.25) is 0 Å². The van der Waals surface area contributed by atoms with Gasteiger partial charge in [0.25, 0.3) is 0 Å². The van der Waals surface area contributed by atoms with Crippen LogP contribution in [0.5, 0.6) is 0 Å². The molecule has 148 valence electrons. The SMILES string of the molecule is CC(=O)N1CCC(Cc2ccc(CN(C(=O)NC(C)C)C3CC3)cc2)CC1. The van der Waals surface area contributed by atoms with E-state index in [2.05, 4.69) is 29.6 Å². The lowest BCUT2D eigenvalue weighted by molar-refractivity contribution is -0.130. The molecule has 3 amide bonds. The van der Waals surface area contributed by atoms with Gasteiger partial charge in [0.05, 0.1) is 0 Å². The number of rotatable bonds is 6. The minimum absolute atomic E-state index is 0.0498. The number of urea groups is 1. The first-order valence-corrected chi connectivity index (χ1v) is 10.3. The Labute approximate surface area is 163 Å². The third kappa shape index (κ3) is 5.72. The number of amides is 3. The molecule has 2 aliphatic rings. The third-order valence-electron chi connectivity index (χ3n) is 5.62. The first kappa shape index (κ1) is 19.7. The monoisotopic (exact) mass is 371 g/mol. The van der Waals surface area contributed by atoms with Gasteiger partial charge in [-0.2, -0.15) is 0 Å². The smallest absolute Gasteiger partial charge is 0.318 e. The van der Waals surface area contributed by atoms with E-state index in [9.17, 15) is 9.59 Å². The van der Waals surface area contributed by atoms with Gasteiger partial charge < -0.3 is 15.1 Å². The molecule has 5 nitrogen and oxygen atoms in total. The molecule has 0 atom stereocenters. The molecule has 1 aromatic carbocycles. The molecule has 1 saturated carbocycles. The highest BCUT2D eigenvalue weighted by Crippen LogP contribution is 2.29. The number of nitrogens with zero attached hydrogens (tertiary/aromatic N) is 2. The fourth-order valence-corrected chi connectivity index (χ4v) is 3.85. The highest BCUT2D eigenvalue weighted by molar-refractivity contribution is 5.75. The molecule has 1 saturated heterocycles. The summed E-state index contributed by atoms with van der Waals surface area (Å²) >= 11 is 0. The topological polar surface area (TPSA) is 52.7 Å². The molecule has 1 aromatic rings. The standard InChI is InChI=1S/C22H33N3O2/c1-16(2)23-22(27)25(21-8-9-21)15-20-6-4-18(5-7-20)14-19-10-12-24(13-11-19)17(3)26/h4-7,16,19,21H,8-15H2,1-3H3,(H,23,27). The van der Waals surface area contributed by atoms with Crippen molar-refractivity contribution in [2.75, 3.05) is 13.1 Å². The van der Waals surface area contributed by atoms with Crippen molar-refractivity contribution in [2.45, 2.75) is 71.5 Å². The molecule has 3 rings (SSSR count). The molecule has 5 heteroatoms. The van der Waals surface area contributed by atoms with E-state index >= 15 is 0 Å². The van der Waals surface area contributed by atoms with Gasteiger partial charge in [-0.1, -0.05) is 24.3 Å². The van der Waals surface area contributed by atoms with Gasteiger partial charge in [0, 0.05) is 38.6 Å². The lowest BCUT2D eigenvalue weighted by Gasteiger charge is -2.31. The molecule has 27 heavy (non-hydrogen) atoms. The van der Waals surface area contributed by atoms with Gasteiger partial charge in [-0.25, -0.2) is 4.79 Å². The molecule has 1 aliphatic heterocycles. The van der Waals surface area contributed by atoms with Crippen LogP contribution in [0.1, 0.15) is 57.6 Å². The van der Waals surface area contributed by atoms with Crippen molar-refractivity contribution in [3.8, 4) is 0 Å². The predicted octanol–water partition coefficient (Wildman–Crippen LogP) is 3.57. The fourth-order valence-electron chi connectivity index (χ4n) is 3.85. The summed E-state index contributed by atoms with van der Waals surface area (Å²) in [5.74, 6) is 0.853. The first-order valence-electron chi connectivity index (χ1n) is 10.3. The summed E-state index contributed by atoms with van der Waals surface area (Å²) in [6.45, 7) is 8.11. The zero-order chi connectivity index (χ0) is 19.4. The van der Waals surface area contributed by atoms with Gasteiger partial charge in [0.2, 0.25) is 5.91 Å². The third-order valence-corrected chi connectivity index (χ3v) is 5.62. The second-order valence-corrected chi connectivity index (χ2v) is 8.43. The Hall–Kier alpha value is -2.04. The molecule has 2 fully saturated rings. The molecule has 1 N–H and O–H groups in total. The number of likely N-dealkylation sites (tertiary alicyclic amines) is 1. The van der Waals surface area contributed by atoms with Gasteiger partial charge in [-0.15, -0.1) is 0 Å². The quantitative estimate of drug-likeness (QED) is 0.831. The van der Waals surface area contributed by atoms with Gasteiger partial charge in [-0.05, 0) is 63.0 Å². The Morgan fingerprint density at radius 3 is 2.19 bits per heavy atom. The summed E-state index contributed by atoms with van der Waals surface area (Å²) in [4.78, 5) is 27.8. The summed E-state index contributed by atoms with van der Waals surface area (Å²) in [6.07, 6.45) is 5.48. The van der Waals surface area contributed by atoms with Crippen molar-refractivity contribution in [3.63, 3.8) is 0 Å². The number of carbonyl (C=O) groups excluding carboxylic acids is 2. The number of nitrogens with one attached hydrogen (secondary N) is 1. The average molecular weight is 372 g/mol. The number of piperidine rings is 1. The van der Waals surface area contributed by atoms with Crippen LogP contribution in [-0.2, 0) is 17.8 Å². The van der Waals surface area contributed by atoms with E-state index in [-0.39, 0.29) is 18.0 Å². The molecule has 0 radical (unpaired) electrons. The minimum Gasteiger partial charge on any atom is -0.343 e. The predicted molar refractivity (Wildman–Crippen MR) is 107 cm³/mol. The number of carbonyl (C=O) groups is 2. The molecular weight excluding hydrogens is 338 g/mol. The second kappa shape index (κ2) is 8.77. The van der Waals surface area contributed by atoms with Crippen LogP contribution < -0.4 is 5.32 Å². The lowest BCUT2D eigenvalue weighted by Crippen LogP contribution is -2.43. The van der Waals surface area contributed by atoms with E-state index in [0.717, 1.165) is 45.2 Å². The number of benzene rings is 1. The maximum atomic E-state index is 12.4. The zero-order valence-corrected chi connectivity index (χ0v) is 16.9. The van der Waals surface area contributed by atoms with Crippen LogP contribution >= 0.6 is 0 Å². The van der Waals surface area contributed by atoms with Crippen molar-refractivity contribution in [2.24, 2.45) is 5.92 Å². The summed E-state index contributed by atoms with van der Waals surface area (Å²) < 4.78 is 0. The van der Waals surface area contributed by atoms with E-state index in [1.165, 1.54) is 11.1 Å². The molecule has 1 aliphatic carbocycles. The van der Waals surface area contributed by atoms with Crippen LogP contribution in [0.15, 0.2) is 24.3 Å². The van der Waals surface area contributed by atoms with E-state index in [1.54, 1.807) is 6.92 Å². The molecule has 0 aromatic heterocycles. The molecule has 1 heterocycles. The van der Waals surface area contributed by atoms with Crippen LogP contribution in [0.3, 0.4) is 0 Å². The normalized spacial score (nSPS) is 17.9. The summed E-state index contributed by atoms with van der Waals surface area (Å²) in [7, 11) is 0. The van der Waals surface area contributed by atoms with Crippen molar-refractivity contribution in [1.29, 1.82) is 0 Å². The second-order valence-electron chi connectivity index (χ2n) is 8.43. The van der Waals surface area contributed by atoms with Crippen LogP contribution in [0, 0.1) is 5.92 Å². The Morgan fingerprint density at radius 2 is 1.67 bits per heavy atom. The van der Waals surface area contributed by atoms with Crippen molar-refractivity contribution in [3.05, 3.63) is 35.4 Å². The van der Waals surface area contributed by atoms with Crippen molar-refractivity contribution >= 4 is 11.9 Å². The first-order chi connectivity index (χ1) is 12.9. The lowest BCUT2D eigenvalue weighted by atomic mass is 9.90. The summed E-state index contributed by atoms with van der Waals surface area (Å²) in [5.41, 5.74) is 2.54. The number of hydrogen-bond acceptors (Lipinski definition) is 2. The van der Waals surface area contributed by atoms with Gasteiger partial charge in [0.15, 0.2) is 0 Å². The highest BCUT2D eigenvalue weighted by Gasteiger charge is 2.32.